The third-order valence-corrected chi connectivity index (χ3v) is 7.89. The Bertz CT molecular complexity index is 1730. The maximum absolute atomic E-state index is 13.4. The van der Waals surface area contributed by atoms with Gasteiger partial charge in [-0.1, -0.05) is 18.2 Å². The Morgan fingerprint density at radius 1 is 1.00 bits per heavy atom. The molecule has 14 heteroatoms. The number of nitrogens with zero attached hydrogens (tertiary/aromatic N) is 5. The molecular formula is C31H31F3N8O3. The maximum atomic E-state index is 13.4. The highest BCUT2D eigenvalue weighted by atomic mass is 19.4. The Hall–Kier alpha value is -4.98. The minimum atomic E-state index is -5.00. The molecule has 45 heavy (non-hydrogen) atoms. The number of piperidine rings is 1. The monoisotopic (exact) mass is 620 g/mol. The molecule has 234 valence electrons. The third-order valence-electron chi connectivity index (χ3n) is 7.89. The normalized spacial score (nSPS) is 15.1. The van der Waals surface area contributed by atoms with E-state index in [2.05, 4.69) is 40.7 Å². The van der Waals surface area contributed by atoms with Crippen molar-refractivity contribution in [2.24, 2.45) is 7.05 Å². The van der Waals surface area contributed by atoms with Gasteiger partial charge in [-0.2, -0.15) is 5.10 Å². The number of ether oxygens (including phenoxy) is 1. The van der Waals surface area contributed by atoms with E-state index < -0.39 is 18.0 Å². The molecule has 1 fully saturated rings. The van der Waals surface area contributed by atoms with Crippen LogP contribution in [0.15, 0.2) is 54.7 Å². The lowest BCUT2D eigenvalue weighted by molar-refractivity contribution is -0.274. The summed E-state index contributed by atoms with van der Waals surface area (Å²) in [6.07, 6.45) is -0.825. The van der Waals surface area contributed by atoms with Gasteiger partial charge in [0.2, 0.25) is 5.95 Å². The molecule has 2 aliphatic rings. The second kappa shape index (κ2) is 12.2. The van der Waals surface area contributed by atoms with E-state index in [9.17, 15) is 22.8 Å². The third kappa shape index (κ3) is 6.75. The molecule has 0 spiro atoms. The van der Waals surface area contributed by atoms with Gasteiger partial charge in [0, 0.05) is 36.1 Å². The van der Waals surface area contributed by atoms with Crippen molar-refractivity contribution in [2.75, 3.05) is 30.8 Å². The molecule has 0 bridgehead atoms. The Labute approximate surface area is 256 Å². The van der Waals surface area contributed by atoms with Crippen LogP contribution < -0.4 is 20.7 Å². The Morgan fingerprint density at radius 2 is 1.76 bits per heavy atom. The van der Waals surface area contributed by atoms with E-state index in [0.29, 0.717) is 35.5 Å². The van der Waals surface area contributed by atoms with Crippen LogP contribution in [-0.2, 0) is 19.9 Å². The molecule has 3 N–H and O–H groups in total. The number of benzene rings is 2. The average molecular weight is 621 g/mol. The quantitative estimate of drug-likeness (QED) is 0.272. The largest absolute Gasteiger partial charge is 0.573 e. The van der Waals surface area contributed by atoms with E-state index in [1.807, 2.05) is 25.2 Å². The zero-order chi connectivity index (χ0) is 31.7. The van der Waals surface area contributed by atoms with Crippen molar-refractivity contribution >= 4 is 29.1 Å². The molecule has 4 aromatic rings. The standard InChI is InChI=1S/C31H31F3N8O3/c1-41-14-12-21(13-15-41)36-28(43)18-9-11-23(24(16-18)45-31(32,33)34)38-30-35-17-19-8-10-22-26(40-42(2)27(22)25(19)39-30)29(44)37-20-6-4-3-5-7-20/h3-7,9,11,16-17,21H,8,10,12-15H2,1-2H3,(H,36,43)(H,37,44)(H,35,38,39). The van der Waals surface area contributed by atoms with Crippen LogP contribution in [0.5, 0.6) is 5.75 Å². The first-order valence-electron chi connectivity index (χ1n) is 14.5. The van der Waals surface area contributed by atoms with E-state index in [1.54, 1.807) is 30.1 Å². The van der Waals surface area contributed by atoms with Crippen molar-refractivity contribution in [3.63, 3.8) is 0 Å². The number of rotatable bonds is 7. The van der Waals surface area contributed by atoms with Gasteiger partial charge >= 0.3 is 6.36 Å². The van der Waals surface area contributed by atoms with Crippen LogP contribution in [-0.4, -0.2) is 69.0 Å². The molecular weight excluding hydrogens is 589 g/mol. The van der Waals surface area contributed by atoms with E-state index in [0.717, 1.165) is 37.6 Å². The molecule has 1 aliphatic heterocycles. The van der Waals surface area contributed by atoms with Gasteiger partial charge < -0.3 is 25.6 Å². The summed E-state index contributed by atoms with van der Waals surface area (Å²) in [5, 5.41) is 13.0. The van der Waals surface area contributed by atoms with Crippen LogP contribution in [0.25, 0.3) is 11.4 Å². The lowest BCUT2D eigenvalue weighted by atomic mass is 9.93. The zero-order valence-corrected chi connectivity index (χ0v) is 24.6. The number of anilines is 3. The maximum Gasteiger partial charge on any atom is 0.573 e. The van der Waals surface area contributed by atoms with Crippen LogP contribution in [0.1, 0.15) is 44.8 Å². The predicted octanol–water partition coefficient (Wildman–Crippen LogP) is 4.69. The number of hydrogen-bond donors (Lipinski definition) is 3. The summed E-state index contributed by atoms with van der Waals surface area (Å²) in [5.74, 6) is -1.43. The molecule has 6 rings (SSSR count). The number of hydrogen-bond acceptors (Lipinski definition) is 8. The molecule has 2 amide bonds. The Kier molecular flexibility index (Phi) is 8.14. The lowest BCUT2D eigenvalue weighted by Crippen LogP contribution is -2.43. The first-order valence-corrected chi connectivity index (χ1v) is 14.5. The molecule has 0 saturated carbocycles. The van der Waals surface area contributed by atoms with Crippen LogP contribution in [0.2, 0.25) is 0 Å². The molecule has 3 heterocycles. The lowest BCUT2D eigenvalue weighted by Gasteiger charge is -2.29. The number of fused-ring (bicyclic) bond motifs is 3. The molecule has 11 nitrogen and oxygen atoms in total. The van der Waals surface area contributed by atoms with Gasteiger partial charge in [-0.15, -0.1) is 13.2 Å². The fourth-order valence-corrected chi connectivity index (χ4v) is 5.63. The fourth-order valence-electron chi connectivity index (χ4n) is 5.63. The molecule has 0 unspecified atom stereocenters. The second-order valence-corrected chi connectivity index (χ2v) is 11.1. The first kappa shape index (κ1) is 30.1. The number of halogens is 3. The number of carbonyl (C=O) groups is 2. The SMILES string of the molecule is CN1CCC(NC(=O)c2ccc(Nc3ncc4c(n3)-c3c(c(C(=O)Nc5ccccc5)nn3C)CC4)c(OC(F)(F)F)c2)CC1. The Morgan fingerprint density at radius 3 is 2.49 bits per heavy atom. The van der Waals surface area contributed by atoms with E-state index >= 15 is 0 Å². The van der Waals surface area contributed by atoms with E-state index in [1.165, 1.54) is 12.1 Å². The summed E-state index contributed by atoms with van der Waals surface area (Å²) in [7, 11) is 3.70. The van der Waals surface area contributed by atoms with Gasteiger partial charge in [0.05, 0.1) is 17.1 Å². The summed E-state index contributed by atoms with van der Waals surface area (Å²) < 4.78 is 46.1. The van der Waals surface area contributed by atoms with Crippen molar-refractivity contribution in [2.45, 2.75) is 38.1 Å². The summed E-state index contributed by atoms with van der Waals surface area (Å²) in [6, 6.07) is 12.8. The number of para-hydroxylation sites is 1. The van der Waals surface area contributed by atoms with Gasteiger partial charge in [0.1, 0.15) is 0 Å². The van der Waals surface area contributed by atoms with Crippen LogP contribution in [0, 0.1) is 0 Å². The number of amides is 2. The summed E-state index contributed by atoms with van der Waals surface area (Å²) in [5.41, 5.74) is 3.50. The summed E-state index contributed by atoms with van der Waals surface area (Å²) in [6.45, 7) is 1.64. The van der Waals surface area contributed by atoms with Gasteiger partial charge in [0.15, 0.2) is 11.4 Å². The fraction of sp³-hybridized carbons (Fsp3) is 0.323. The highest BCUT2D eigenvalue weighted by Crippen LogP contribution is 2.36. The summed E-state index contributed by atoms with van der Waals surface area (Å²) in [4.78, 5) is 37.1. The molecule has 1 aliphatic carbocycles. The Balaban J connectivity index is 1.26. The molecule has 2 aromatic heterocycles. The topological polar surface area (TPSA) is 126 Å². The van der Waals surface area contributed by atoms with Crippen LogP contribution in [0.3, 0.4) is 0 Å². The minimum Gasteiger partial charge on any atom is -0.404 e. The average Bonchev–Trinajstić information content (AvgIpc) is 3.35. The number of aromatic nitrogens is 4. The molecule has 0 atom stereocenters. The van der Waals surface area contributed by atoms with Crippen LogP contribution >= 0.6 is 0 Å². The highest BCUT2D eigenvalue weighted by molar-refractivity contribution is 6.05. The van der Waals surface area contributed by atoms with Gasteiger partial charge in [-0.05, 0) is 81.7 Å². The summed E-state index contributed by atoms with van der Waals surface area (Å²) >= 11 is 0. The number of likely N-dealkylation sites (tertiary alicyclic amines) is 1. The van der Waals surface area contributed by atoms with Crippen LogP contribution in [0.4, 0.5) is 30.5 Å². The number of aryl methyl sites for hydroxylation is 2. The molecule has 2 aromatic carbocycles. The second-order valence-electron chi connectivity index (χ2n) is 11.1. The number of carbonyl (C=O) groups excluding carboxylic acids is 2. The van der Waals surface area contributed by atoms with Crippen molar-refractivity contribution < 1.29 is 27.5 Å². The van der Waals surface area contributed by atoms with Gasteiger partial charge in [-0.3, -0.25) is 14.3 Å². The number of alkyl halides is 3. The molecule has 0 radical (unpaired) electrons. The number of nitrogens with one attached hydrogen (secondary N) is 3. The van der Waals surface area contributed by atoms with E-state index in [4.69, 9.17) is 0 Å². The zero-order valence-electron chi connectivity index (χ0n) is 24.6. The van der Waals surface area contributed by atoms with Crippen molar-refractivity contribution in [3.05, 3.63) is 77.1 Å². The van der Waals surface area contributed by atoms with Gasteiger partial charge in [-0.25, -0.2) is 9.97 Å². The smallest absolute Gasteiger partial charge is 0.404 e. The van der Waals surface area contributed by atoms with Crippen molar-refractivity contribution in [3.8, 4) is 17.1 Å². The molecule has 1 saturated heterocycles. The van der Waals surface area contributed by atoms with Gasteiger partial charge in [0.25, 0.3) is 11.8 Å². The predicted molar refractivity (Wildman–Crippen MR) is 160 cm³/mol. The van der Waals surface area contributed by atoms with E-state index in [-0.39, 0.29) is 34.8 Å². The minimum absolute atomic E-state index is 0.00800. The first-order chi connectivity index (χ1) is 21.5. The van der Waals surface area contributed by atoms with Crippen molar-refractivity contribution in [1.29, 1.82) is 0 Å². The highest BCUT2D eigenvalue weighted by Gasteiger charge is 2.33. The van der Waals surface area contributed by atoms with Crippen molar-refractivity contribution in [1.82, 2.24) is 30.0 Å².